The van der Waals surface area contributed by atoms with Crippen molar-refractivity contribution >= 4 is 0 Å². The molecular weight excluding hydrogens is 445 g/mol. The molecule has 0 amide bonds. The number of ether oxygens (including phenoxy) is 2. The van der Waals surface area contributed by atoms with Gasteiger partial charge in [0.25, 0.3) is 0 Å². The van der Waals surface area contributed by atoms with Crippen LogP contribution in [0.5, 0.6) is 0 Å². The molecule has 0 aliphatic heterocycles. The molecule has 0 heterocycles. The molecular formula is C28H46FN3O3. The molecule has 1 N–H and O–H groups in total. The molecule has 0 spiro atoms. The second-order valence-corrected chi connectivity index (χ2v) is 8.76. The number of unbranched alkanes of at least 4 members (excludes halogenated alkanes) is 2. The van der Waals surface area contributed by atoms with Crippen LogP contribution in [0, 0.1) is 10.3 Å². The Morgan fingerprint density at radius 2 is 1.94 bits per heavy atom. The van der Waals surface area contributed by atoms with Crippen molar-refractivity contribution in [1.82, 2.24) is 10.4 Å². The summed E-state index contributed by atoms with van der Waals surface area (Å²) in [6, 6.07) is -0.520. The van der Waals surface area contributed by atoms with Gasteiger partial charge in [0.15, 0.2) is 0 Å². The van der Waals surface area contributed by atoms with E-state index in [1.54, 1.807) is 25.5 Å². The van der Waals surface area contributed by atoms with Crippen LogP contribution in [0.15, 0.2) is 77.2 Å². The zero-order chi connectivity index (χ0) is 26.7. The normalized spacial score (nSPS) is 14.7. The summed E-state index contributed by atoms with van der Waals surface area (Å²) < 4.78 is 25.1. The van der Waals surface area contributed by atoms with Gasteiger partial charge in [-0.15, -0.1) is 0 Å². The first kappa shape index (κ1) is 32.5. The maximum Gasteiger partial charge on any atom is 0.140 e. The van der Waals surface area contributed by atoms with E-state index in [0.717, 1.165) is 37.0 Å². The van der Waals surface area contributed by atoms with E-state index in [1.807, 2.05) is 50.9 Å². The minimum absolute atomic E-state index is 0.136. The molecule has 0 saturated carbocycles. The number of allylic oxidation sites excluding steroid dienone is 9. The number of nitroso groups, excluding NO2 is 1. The van der Waals surface area contributed by atoms with Gasteiger partial charge in [-0.3, -0.25) is 5.43 Å². The smallest absolute Gasteiger partial charge is 0.140 e. The quantitative estimate of drug-likeness (QED) is 0.0683. The van der Waals surface area contributed by atoms with Crippen LogP contribution in [0.3, 0.4) is 0 Å². The lowest BCUT2D eigenvalue weighted by Crippen LogP contribution is -2.41. The highest BCUT2D eigenvalue weighted by Gasteiger charge is 2.25. The minimum atomic E-state index is -0.520. The number of halogens is 1. The van der Waals surface area contributed by atoms with Crippen LogP contribution in [0.4, 0.5) is 4.39 Å². The fraction of sp³-hybridized carbons (Fsp3) is 0.571. The number of hydrogen-bond acceptors (Lipinski definition) is 6. The molecule has 35 heavy (non-hydrogen) atoms. The molecule has 6 nitrogen and oxygen atoms in total. The Labute approximate surface area is 212 Å². The Bertz CT molecular complexity index is 774. The van der Waals surface area contributed by atoms with Crippen LogP contribution in [0.1, 0.15) is 60.8 Å². The minimum Gasteiger partial charge on any atom is -0.501 e. The van der Waals surface area contributed by atoms with E-state index < -0.39 is 11.5 Å². The summed E-state index contributed by atoms with van der Waals surface area (Å²) in [5.74, 6) is 0.147. The van der Waals surface area contributed by atoms with Crippen LogP contribution in [-0.4, -0.2) is 44.4 Å². The molecule has 0 saturated heterocycles. The van der Waals surface area contributed by atoms with Gasteiger partial charge in [-0.2, -0.15) is 4.91 Å². The van der Waals surface area contributed by atoms with Crippen molar-refractivity contribution in [3.8, 4) is 0 Å². The summed E-state index contributed by atoms with van der Waals surface area (Å²) in [5, 5.41) is 5.04. The average molecular weight is 492 g/mol. The second kappa shape index (κ2) is 18.8. The molecule has 0 rings (SSSR count). The Balaban J connectivity index is 5.32. The van der Waals surface area contributed by atoms with Gasteiger partial charge < -0.3 is 9.47 Å². The van der Waals surface area contributed by atoms with Crippen molar-refractivity contribution in [3.63, 3.8) is 0 Å². The molecule has 198 valence electrons. The van der Waals surface area contributed by atoms with E-state index in [9.17, 15) is 9.30 Å². The van der Waals surface area contributed by atoms with Gasteiger partial charge in [-0.25, -0.2) is 9.40 Å². The van der Waals surface area contributed by atoms with Crippen molar-refractivity contribution in [2.24, 2.45) is 10.6 Å². The summed E-state index contributed by atoms with van der Waals surface area (Å²) in [7, 11) is 1.80. The Morgan fingerprint density at radius 3 is 2.49 bits per heavy atom. The number of hydrazine groups is 1. The number of nitrogens with zero attached hydrogens (tertiary/aromatic N) is 2. The molecule has 0 bridgehead atoms. The summed E-state index contributed by atoms with van der Waals surface area (Å²) in [4.78, 5) is 11.2. The van der Waals surface area contributed by atoms with Crippen molar-refractivity contribution in [1.29, 1.82) is 0 Å². The Kier molecular flexibility index (Phi) is 17.4. The van der Waals surface area contributed by atoms with Gasteiger partial charge in [-0.05, 0) is 56.7 Å². The van der Waals surface area contributed by atoms with Gasteiger partial charge >= 0.3 is 0 Å². The topological polar surface area (TPSA) is 63.2 Å². The first-order valence-electron chi connectivity index (χ1n) is 12.4. The fourth-order valence-electron chi connectivity index (χ4n) is 3.37. The fourth-order valence-corrected chi connectivity index (χ4v) is 3.37. The summed E-state index contributed by atoms with van der Waals surface area (Å²) >= 11 is 0. The van der Waals surface area contributed by atoms with E-state index in [1.165, 1.54) is 13.0 Å². The molecule has 1 atom stereocenters. The molecule has 0 radical (unpaired) electrons. The molecule has 0 aromatic heterocycles. The van der Waals surface area contributed by atoms with Crippen molar-refractivity contribution in [2.45, 2.75) is 66.8 Å². The summed E-state index contributed by atoms with van der Waals surface area (Å²) in [6.07, 6.45) is 15.8. The third kappa shape index (κ3) is 13.8. The number of hydrogen-bond donors (Lipinski definition) is 1. The second-order valence-electron chi connectivity index (χ2n) is 8.76. The number of nitrogens with one attached hydrogen (secondary N) is 1. The molecule has 0 aliphatic carbocycles. The zero-order valence-electron chi connectivity index (χ0n) is 22.8. The molecule has 7 heteroatoms. The molecule has 0 unspecified atom stereocenters. The van der Waals surface area contributed by atoms with E-state index in [-0.39, 0.29) is 12.4 Å². The SMILES string of the molecule is C=C(/C=C\C(=C/C)C(C)(C)C(/C=C(\C)F)=C/C=C/OCCCCC)OC[C@@H](CN(CC)NC)N=O. The number of likely N-dealkylation sites (N-methyl/N-ethyl adjacent to an activating group) is 1. The van der Waals surface area contributed by atoms with E-state index in [0.29, 0.717) is 18.9 Å². The monoisotopic (exact) mass is 491 g/mol. The maximum absolute atomic E-state index is 13.9. The van der Waals surface area contributed by atoms with E-state index >= 15 is 0 Å². The van der Waals surface area contributed by atoms with Gasteiger partial charge in [0.05, 0.1) is 18.7 Å². The Hall–Kier alpha value is -2.51. The van der Waals surface area contributed by atoms with Crippen LogP contribution < -0.4 is 5.43 Å². The van der Waals surface area contributed by atoms with Gasteiger partial charge in [0.1, 0.15) is 18.4 Å². The standard InChI is InChI=1S/C28H46FN3O3/c1-9-12-13-18-34-19-14-15-26(20-23(4)29)28(6,7)25(10-2)17-16-24(5)35-22-27(31-33)21-32(11-3)30-8/h10,14-17,19-20,27,30H,5,9,11-13,18,21-22H2,1-4,6-8H3/b17-16-,19-14+,23-20+,25-10+,26-15+/t27-/m1/s1. The highest BCUT2D eigenvalue weighted by Crippen LogP contribution is 2.37. The predicted octanol–water partition coefficient (Wildman–Crippen LogP) is 7.16. The van der Waals surface area contributed by atoms with Crippen molar-refractivity contribution in [3.05, 3.63) is 76.9 Å². The average Bonchev–Trinajstić information content (AvgIpc) is 2.82. The van der Waals surface area contributed by atoms with Crippen LogP contribution in [0.2, 0.25) is 0 Å². The highest BCUT2D eigenvalue weighted by atomic mass is 19.1. The summed E-state index contributed by atoms with van der Waals surface area (Å²) in [6.45, 7) is 17.5. The molecule has 0 aromatic carbocycles. The van der Waals surface area contributed by atoms with Gasteiger partial charge in [-0.1, -0.05) is 70.5 Å². The maximum atomic E-state index is 13.9. The third-order valence-corrected chi connectivity index (χ3v) is 5.61. The van der Waals surface area contributed by atoms with E-state index in [2.05, 4.69) is 24.1 Å². The largest absolute Gasteiger partial charge is 0.501 e. The van der Waals surface area contributed by atoms with Crippen molar-refractivity contribution < 1.29 is 13.9 Å². The lowest BCUT2D eigenvalue weighted by atomic mass is 9.76. The lowest BCUT2D eigenvalue weighted by molar-refractivity contribution is 0.151. The number of rotatable bonds is 19. The third-order valence-electron chi connectivity index (χ3n) is 5.61. The van der Waals surface area contributed by atoms with Crippen LogP contribution >= 0.6 is 0 Å². The van der Waals surface area contributed by atoms with Gasteiger partial charge in [0.2, 0.25) is 0 Å². The lowest BCUT2D eigenvalue weighted by Gasteiger charge is -2.28. The molecule has 0 aliphatic rings. The zero-order valence-corrected chi connectivity index (χ0v) is 22.8. The van der Waals surface area contributed by atoms with Crippen LogP contribution in [-0.2, 0) is 9.47 Å². The molecule has 0 fully saturated rings. The van der Waals surface area contributed by atoms with Gasteiger partial charge in [0, 0.05) is 18.5 Å². The Morgan fingerprint density at radius 1 is 1.23 bits per heavy atom. The van der Waals surface area contributed by atoms with Crippen LogP contribution in [0.25, 0.3) is 0 Å². The van der Waals surface area contributed by atoms with E-state index in [4.69, 9.17) is 9.47 Å². The first-order chi connectivity index (χ1) is 16.7. The first-order valence-corrected chi connectivity index (χ1v) is 12.4. The highest BCUT2D eigenvalue weighted by molar-refractivity contribution is 5.42. The summed E-state index contributed by atoms with van der Waals surface area (Å²) in [5.41, 5.74) is 4.27. The van der Waals surface area contributed by atoms with Crippen molar-refractivity contribution in [2.75, 3.05) is 33.4 Å². The predicted molar refractivity (Wildman–Crippen MR) is 145 cm³/mol. The molecule has 0 aromatic rings.